The zero-order valence-corrected chi connectivity index (χ0v) is 18.1. The first-order chi connectivity index (χ1) is 15.3. The molecule has 0 bridgehead atoms. The molecule has 4 N–H and O–H groups in total. The van der Waals surface area contributed by atoms with E-state index >= 15 is 0 Å². The molecule has 15 heteroatoms. The monoisotopic (exact) mass is 495 g/mol. The minimum Gasteiger partial charge on any atom is -0.359 e. The zero-order chi connectivity index (χ0) is 24.0. The summed E-state index contributed by atoms with van der Waals surface area (Å²) in [6, 6.07) is -0.800. The average Bonchev–Trinajstić information content (AvgIpc) is 3.05. The highest BCUT2D eigenvalue weighted by Crippen LogP contribution is 2.39. The van der Waals surface area contributed by atoms with Crippen molar-refractivity contribution < 1.29 is 30.4 Å². The van der Waals surface area contributed by atoms with E-state index in [2.05, 4.69) is 25.6 Å². The minimum atomic E-state index is -4.78. The number of anilines is 2. The van der Waals surface area contributed by atoms with Gasteiger partial charge in [-0.25, -0.2) is 28.9 Å². The lowest BCUT2D eigenvalue weighted by Gasteiger charge is -2.30. The highest BCUT2D eigenvalue weighted by molar-refractivity contribution is 7.86. The molecular formula is C18H22F5N7O2S. The van der Waals surface area contributed by atoms with Crippen LogP contribution in [0.1, 0.15) is 37.8 Å². The van der Waals surface area contributed by atoms with Crippen molar-refractivity contribution in [2.45, 2.75) is 56.3 Å². The van der Waals surface area contributed by atoms with E-state index in [1.54, 1.807) is 0 Å². The van der Waals surface area contributed by atoms with Crippen molar-refractivity contribution in [3.63, 3.8) is 0 Å². The third-order valence-corrected chi connectivity index (χ3v) is 6.91. The SMILES string of the molecule is NS(=O)(=O)N1CCC(Nc2ncc3cc(C(F)(F)F)nc(NC4CCCC4(F)F)c3n2)CC1. The summed E-state index contributed by atoms with van der Waals surface area (Å²) < 4.78 is 92.2. The third kappa shape index (κ3) is 5.24. The van der Waals surface area contributed by atoms with Crippen molar-refractivity contribution in [3.8, 4) is 0 Å². The number of alkyl halides is 5. The Labute approximate surface area is 186 Å². The molecule has 3 heterocycles. The Bertz CT molecular complexity index is 1140. The van der Waals surface area contributed by atoms with Gasteiger partial charge in [-0.3, -0.25) is 0 Å². The lowest BCUT2D eigenvalue weighted by molar-refractivity contribution is -0.141. The largest absolute Gasteiger partial charge is 0.433 e. The fourth-order valence-corrected chi connectivity index (χ4v) is 4.78. The first kappa shape index (κ1) is 23.8. The van der Waals surface area contributed by atoms with Gasteiger partial charge in [0.2, 0.25) is 5.95 Å². The molecule has 2 aliphatic rings. The molecule has 9 nitrogen and oxygen atoms in total. The maximum atomic E-state index is 14.1. The number of halogens is 5. The first-order valence-electron chi connectivity index (χ1n) is 10.3. The molecule has 1 unspecified atom stereocenters. The van der Waals surface area contributed by atoms with Crippen LogP contribution < -0.4 is 15.8 Å². The quantitative estimate of drug-likeness (QED) is 0.545. The summed E-state index contributed by atoms with van der Waals surface area (Å²) in [4.78, 5) is 11.8. The van der Waals surface area contributed by atoms with Crippen LogP contribution in [0.15, 0.2) is 12.3 Å². The van der Waals surface area contributed by atoms with Gasteiger partial charge in [0, 0.05) is 37.1 Å². The van der Waals surface area contributed by atoms with Crippen LogP contribution in [0.4, 0.5) is 33.7 Å². The van der Waals surface area contributed by atoms with Crippen molar-refractivity contribution in [1.82, 2.24) is 19.3 Å². The molecule has 1 aliphatic carbocycles. The number of pyridine rings is 1. The number of fused-ring (bicyclic) bond motifs is 1. The lowest BCUT2D eigenvalue weighted by Crippen LogP contribution is -2.45. The molecule has 2 aromatic rings. The molecule has 182 valence electrons. The highest BCUT2D eigenvalue weighted by atomic mass is 32.2. The maximum absolute atomic E-state index is 14.1. The number of hydrogen-bond donors (Lipinski definition) is 3. The van der Waals surface area contributed by atoms with E-state index < -0.39 is 34.0 Å². The number of nitrogens with one attached hydrogen (secondary N) is 2. The van der Waals surface area contributed by atoms with E-state index in [4.69, 9.17) is 5.14 Å². The molecular weight excluding hydrogens is 473 g/mol. The normalized spacial score (nSPS) is 22.5. The van der Waals surface area contributed by atoms with E-state index in [0.717, 1.165) is 10.4 Å². The third-order valence-electron chi connectivity index (χ3n) is 5.83. The molecule has 0 radical (unpaired) electrons. The van der Waals surface area contributed by atoms with Crippen LogP contribution in [0.5, 0.6) is 0 Å². The van der Waals surface area contributed by atoms with E-state index in [0.29, 0.717) is 12.8 Å². The summed E-state index contributed by atoms with van der Waals surface area (Å²) >= 11 is 0. The number of aromatic nitrogens is 3. The van der Waals surface area contributed by atoms with Gasteiger partial charge in [0.15, 0.2) is 5.82 Å². The molecule has 0 aromatic carbocycles. The predicted molar refractivity (Wildman–Crippen MR) is 110 cm³/mol. The van der Waals surface area contributed by atoms with Gasteiger partial charge in [0.25, 0.3) is 16.1 Å². The summed E-state index contributed by atoms with van der Waals surface area (Å²) in [6.07, 6.45) is -2.84. The lowest BCUT2D eigenvalue weighted by atomic mass is 10.1. The number of nitrogens with zero attached hydrogens (tertiary/aromatic N) is 4. The first-order valence-corrected chi connectivity index (χ1v) is 11.8. The molecule has 1 aliphatic heterocycles. The zero-order valence-electron chi connectivity index (χ0n) is 17.2. The van der Waals surface area contributed by atoms with Crippen LogP contribution in [0.25, 0.3) is 10.9 Å². The summed E-state index contributed by atoms with van der Waals surface area (Å²) in [7, 11) is -3.79. The van der Waals surface area contributed by atoms with Crippen LogP contribution in [0.2, 0.25) is 0 Å². The van der Waals surface area contributed by atoms with Gasteiger partial charge < -0.3 is 10.6 Å². The molecule has 2 fully saturated rings. The Balaban J connectivity index is 1.62. The molecule has 33 heavy (non-hydrogen) atoms. The van der Waals surface area contributed by atoms with Crippen molar-refractivity contribution >= 4 is 32.9 Å². The fraction of sp³-hybridized carbons (Fsp3) is 0.611. The fourth-order valence-electron chi connectivity index (χ4n) is 4.06. The van der Waals surface area contributed by atoms with Crippen LogP contribution >= 0.6 is 0 Å². The van der Waals surface area contributed by atoms with Gasteiger partial charge in [0.05, 0.1) is 6.04 Å². The Hall–Kier alpha value is -2.39. The number of nitrogens with two attached hydrogens (primary N) is 1. The van der Waals surface area contributed by atoms with Gasteiger partial charge in [-0.05, 0) is 31.7 Å². The van der Waals surface area contributed by atoms with Gasteiger partial charge in [-0.2, -0.15) is 25.9 Å². The molecule has 0 spiro atoms. The van der Waals surface area contributed by atoms with E-state index in [1.807, 2.05) is 0 Å². The van der Waals surface area contributed by atoms with Gasteiger partial charge in [-0.15, -0.1) is 0 Å². The minimum absolute atomic E-state index is 0.00395. The molecule has 0 amide bonds. The summed E-state index contributed by atoms with van der Waals surface area (Å²) in [6.45, 7) is 0.369. The summed E-state index contributed by atoms with van der Waals surface area (Å²) in [5, 5.41) is 10.6. The Morgan fingerprint density at radius 1 is 1.12 bits per heavy atom. The van der Waals surface area contributed by atoms with Crippen molar-refractivity contribution in [1.29, 1.82) is 0 Å². The van der Waals surface area contributed by atoms with Crippen LogP contribution in [-0.2, 0) is 16.4 Å². The second kappa shape index (κ2) is 8.43. The smallest absolute Gasteiger partial charge is 0.359 e. The second-order valence-electron chi connectivity index (χ2n) is 8.20. The molecule has 1 saturated heterocycles. The standard InChI is InChI=1S/C18H22F5N7O2S/c19-17(20)5-1-2-12(17)27-15-14-10(8-13(28-15)18(21,22)23)9-25-16(29-14)26-11-3-6-30(7-4-11)33(24,31)32/h8-9,11-12H,1-7H2,(H,27,28)(H2,24,31,32)(H,25,26,29). The van der Waals surface area contributed by atoms with Gasteiger partial charge >= 0.3 is 6.18 Å². The van der Waals surface area contributed by atoms with Crippen molar-refractivity contribution in [2.75, 3.05) is 23.7 Å². The maximum Gasteiger partial charge on any atom is 0.433 e. The Morgan fingerprint density at radius 3 is 2.39 bits per heavy atom. The van der Waals surface area contributed by atoms with Crippen LogP contribution in [0, 0.1) is 0 Å². The number of hydrogen-bond acceptors (Lipinski definition) is 7. The number of piperidine rings is 1. The van der Waals surface area contributed by atoms with E-state index in [1.165, 1.54) is 6.20 Å². The van der Waals surface area contributed by atoms with E-state index in [9.17, 15) is 30.4 Å². The Kier molecular flexibility index (Phi) is 6.07. The molecule has 4 rings (SSSR count). The summed E-state index contributed by atoms with van der Waals surface area (Å²) in [5.41, 5.74) is -1.26. The van der Waals surface area contributed by atoms with Crippen LogP contribution in [0.3, 0.4) is 0 Å². The molecule has 1 saturated carbocycles. The average molecular weight is 495 g/mol. The molecule has 1 atom stereocenters. The second-order valence-corrected chi connectivity index (χ2v) is 9.74. The van der Waals surface area contributed by atoms with Gasteiger partial charge in [0.1, 0.15) is 11.2 Å². The van der Waals surface area contributed by atoms with Crippen molar-refractivity contribution in [3.05, 3.63) is 18.0 Å². The topological polar surface area (TPSA) is 126 Å². The number of rotatable bonds is 5. The molecule has 2 aromatic heterocycles. The van der Waals surface area contributed by atoms with Crippen molar-refractivity contribution in [2.24, 2.45) is 5.14 Å². The summed E-state index contributed by atoms with van der Waals surface area (Å²) in [5.74, 6) is -3.39. The highest BCUT2D eigenvalue weighted by Gasteiger charge is 2.44. The van der Waals surface area contributed by atoms with Crippen LogP contribution in [-0.4, -0.2) is 58.8 Å². The van der Waals surface area contributed by atoms with E-state index in [-0.39, 0.29) is 61.1 Å². The van der Waals surface area contributed by atoms with Gasteiger partial charge in [-0.1, -0.05) is 0 Å². The Morgan fingerprint density at radius 2 is 1.82 bits per heavy atom. The predicted octanol–water partition coefficient (Wildman–Crippen LogP) is 2.72.